The summed E-state index contributed by atoms with van der Waals surface area (Å²) in [6.45, 7) is 0.0192. The second-order valence-electron chi connectivity index (χ2n) is 3.40. The number of amides is 1. The van der Waals surface area contributed by atoms with Gasteiger partial charge in [0.05, 0.1) is 6.04 Å². The highest BCUT2D eigenvalue weighted by Crippen LogP contribution is 2.20. The molecule has 1 atom stereocenters. The number of carbonyl (C=O) groups is 1. The van der Waals surface area contributed by atoms with E-state index in [1.807, 2.05) is 6.26 Å². The molecule has 1 amide bonds. The number of hydrogen-bond donors (Lipinski definition) is 2. The smallest absolute Gasteiger partial charge is 0.355 e. The van der Waals surface area contributed by atoms with E-state index in [1.165, 1.54) is 0 Å². The van der Waals surface area contributed by atoms with Gasteiger partial charge in [-0.1, -0.05) is 0 Å². The van der Waals surface area contributed by atoms with Crippen molar-refractivity contribution >= 4 is 17.7 Å². The first kappa shape index (κ1) is 15.6. The van der Waals surface area contributed by atoms with E-state index in [4.69, 9.17) is 5.73 Å². The van der Waals surface area contributed by atoms with E-state index < -0.39 is 18.6 Å². The summed E-state index contributed by atoms with van der Waals surface area (Å²) in [7, 11) is 0. The zero-order chi connectivity index (χ0) is 12.6. The zero-order valence-corrected chi connectivity index (χ0v) is 9.96. The Bertz CT molecular complexity index is 211. The first-order valence-electron chi connectivity index (χ1n) is 4.96. The van der Waals surface area contributed by atoms with Crippen LogP contribution in [-0.4, -0.2) is 36.7 Å². The lowest BCUT2D eigenvalue weighted by Crippen LogP contribution is -2.41. The van der Waals surface area contributed by atoms with Crippen molar-refractivity contribution in [1.29, 1.82) is 0 Å². The third-order valence-corrected chi connectivity index (χ3v) is 2.55. The Morgan fingerprint density at radius 1 is 1.50 bits per heavy atom. The van der Waals surface area contributed by atoms with Crippen molar-refractivity contribution in [2.75, 3.05) is 18.6 Å². The zero-order valence-electron chi connectivity index (χ0n) is 9.14. The van der Waals surface area contributed by atoms with E-state index >= 15 is 0 Å². The van der Waals surface area contributed by atoms with E-state index in [2.05, 4.69) is 5.32 Å². The molecule has 3 nitrogen and oxygen atoms in total. The summed E-state index contributed by atoms with van der Waals surface area (Å²) in [6, 6.07) is -0.627. The molecule has 0 saturated carbocycles. The topological polar surface area (TPSA) is 55.1 Å². The molecule has 0 unspecified atom stereocenters. The third kappa shape index (κ3) is 8.84. The molecule has 0 aromatic rings. The van der Waals surface area contributed by atoms with Gasteiger partial charge >= 0.3 is 6.18 Å². The minimum Gasteiger partial charge on any atom is -0.355 e. The Morgan fingerprint density at radius 2 is 2.12 bits per heavy atom. The van der Waals surface area contributed by atoms with E-state index in [9.17, 15) is 18.0 Å². The minimum absolute atomic E-state index is 0.0192. The first-order valence-corrected chi connectivity index (χ1v) is 6.35. The van der Waals surface area contributed by atoms with E-state index in [1.54, 1.807) is 11.8 Å². The van der Waals surface area contributed by atoms with Crippen LogP contribution in [0.25, 0.3) is 0 Å². The Balaban J connectivity index is 3.57. The maximum atomic E-state index is 11.8. The number of alkyl halides is 3. The standard InChI is InChI=1S/C9H17F3N2OS/c1-16-6-3-7(13)8(15)14-5-2-4-9(10,11)12/h7H,2-6,13H2,1H3,(H,14,15)/t7-/m0/s1. The molecular weight excluding hydrogens is 241 g/mol. The van der Waals surface area contributed by atoms with Gasteiger partial charge in [0.25, 0.3) is 0 Å². The summed E-state index contributed by atoms with van der Waals surface area (Å²) in [5.74, 6) is 0.383. The molecule has 0 heterocycles. The van der Waals surface area contributed by atoms with Crippen LogP contribution in [0.3, 0.4) is 0 Å². The third-order valence-electron chi connectivity index (χ3n) is 1.91. The summed E-state index contributed by atoms with van der Waals surface area (Å²) in [5, 5.41) is 2.39. The van der Waals surface area contributed by atoms with Crippen LogP contribution in [0.4, 0.5) is 13.2 Å². The van der Waals surface area contributed by atoms with Gasteiger partial charge in [-0.15, -0.1) is 0 Å². The lowest BCUT2D eigenvalue weighted by Gasteiger charge is -2.12. The van der Waals surface area contributed by atoms with Gasteiger partial charge in [0.15, 0.2) is 0 Å². The first-order chi connectivity index (χ1) is 7.37. The molecular formula is C9H17F3N2OS. The van der Waals surface area contributed by atoms with Gasteiger partial charge in [0, 0.05) is 13.0 Å². The molecule has 0 spiro atoms. The second kappa shape index (κ2) is 7.78. The molecule has 0 rings (SSSR count). The molecule has 0 aromatic heterocycles. The van der Waals surface area contributed by atoms with Crippen LogP contribution in [0, 0.1) is 0 Å². The van der Waals surface area contributed by atoms with Crippen LogP contribution in [0.1, 0.15) is 19.3 Å². The molecule has 0 aliphatic rings. The predicted molar refractivity (Wildman–Crippen MR) is 59.3 cm³/mol. The van der Waals surface area contributed by atoms with Crippen LogP contribution in [-0.2, 0) is 4.79 Å². The molecule has 0 aromatic carbocycles. The Morgan fingerprint density at radius 3 is 2.62 bits per heavy atom. The van der Waals surface area contributed by atoms with E-state index in [0.717, 1.165) is 5.75 Å². The Labute approximate surface area is 97.3 Å². The average molecular weight is 258 g/mol. The maximum absolute atomic E-state index is 11.8. The lowest BCUT2D eigenvalue weighted by molar-refractivity contribution is -0.136. The summed E-state index contributed by atoms with van der Waals surface area (Å²) in [4.78, 5) is 11.2. The average Bonchev–Trinajstić information content (AvgIpc) is 2.19. The number of nitrogens with two attached hydrogens (primary N) is 1. The number of thioether (sulfide) groups is 1. The summed E-state index contributed by atoms with van der Waals surface area (Å²) < 4.78 is 35.3. The minimum atomic E-state index is -4.16. The molecule has 0 fully saturated rings. The number of carbonyl (C=O) groups excluding carboxylic acids is 1. The van der Waals surface area contributed by atoms with Crippen LogP contribution in [0.5, 0.6) is 0 Å². The van der Waals surface area contributed by atoms with Crippen LogP contribution in [0.2, 0.25) is 0 Å². The predicted octanol–water partition coefficient (Wildman–Crippen LogP) is 1.53. The normalized spacial score (nSPS) is 13.6. The molecule has 0 aliphatic carbocycles. The molecule has 3 N–H and O–H groups in total. The van der Waals surface area contributed by atoms with Gasteiger partial charge in [-0.25, -0.2) is 0 Å². The highest BCUT2D eigenvalue weighted by Gasteiger charge is 2.26. The van der Waals surface area contributed by atoms with Gasteiger partial charge in [-0.2, -0.15) is 24.9 Å². The maximum Gasteiger partial charge on any atom is 0.389 e. The van der Waals surface area contributed by atoms with Crippen LogP contribution in [0.15, 0.2) is 0 Å². The van der Waals surface area contributed by atoms with Crippen molar-refractivity contribution in [1.82, 2.24) is 5.32 Å². The highest BCUT2D eigenvalue weighted by molar-refractivity contribution is 7.98. The van der Waals surface area contributed by atoms with Gasteiger partial charge in [-0.3, -0.25) is 4.79 Å². The number of halogens is 3. The summed E-state index contributed by atoms with van der Waals surface area (Å²) >= 11 is 1.57. The summed E-state index contributed by atoms with van der Waals surface area (Å²) in [5.41, 5.74) is 5.52. The molecule has 0 saturated heterocycles. The lowest BCUT2D eigenvalue weighted by atomic mass is 10.2. The van der Waals surface area contributed by atoms with Crippen molar-refractivity contribution in [3.8, 4) is 0 Å². The summed E-state index contributed by atoms with van der Waals surface area (Å²) in [6.07, 6.45) is -2.72. The molecule has 0 radical (unpaired) electrons. The van der Waals surface area contributed by atoms with Gasteiger partial charge in [-0.05, 0) is 24.9 Å². The fourth-order valence-electron chi connectivity index (χ4n) is 1.01. The van der Waals surface area contributed by atoms with Crippen molar-refractivity contribution in [3.05, 3.63) is 0 Å². The molecule has 0 aliphatic heterocycles. The van der Waals surface area contributed by atoms with Crippen LogP contribution >= 0.6 is 11.8 Å². The molecule has 16 heavy (non-hydrogen) atoms. The van der Waals surface area contributed by atoms with Gasteiger partial charge < -0.3 is 11.1 Å². The number of hydrogen-bond acceptors (Lipinski definition) is 3. The van der Waals surface area contributed by atoms with Crippen LogP contribution < -0.4 is 11.1 Å². The van der Waals surface area contributed by atoms with Crippen molar-refractivity contribution in [3.63, 3.8) is 0 Å². The second-order valence-corrected chi connectivity index (χ2v) is 4.38. The SMILES string of the molecule is CSCC[C@H](N)C(=O)NCCCC(F)(F)F. The van der Waals surface area contributed by atoms with E-state index in [-0.39, 0.29) is 18.9 Å². The fraction of sp³-hybridized carbons (Fsp3) is 0.889. The molecule has 96 valence electrons. The fourth-order valence-corrected chi connectivity index (χ4v) is 1.50. The number of nitrogens with one attached hydrogen (secondary N) is 1. The van der Waals surface area contributed by atoms with Gasteiger partial charge in [0.1, 0.15) is 0 Å². The van der Waals surface area contributed by atoms with Crippen molar-refractivity contribution in [2.24, 2.45) is 5.73 Å². The van der Waals surface area contributed by atoms with Crippen molar-refractivity contribution in [2.45, 2.75) is 31.5 Å². The Kier molecular flexibility index (Phi) is 7.57. The quantitative estimate of drug-likeness (QED) is 0.681. The molecule has 7 heteroatoms. The monoisotopic (exact) mass is 258 g/mol. The highest BCUT2D eigenvalue weighted by atomic mass is 32.2. The van der Waals surface area contributed by atoms with Crippen molar-refractivity contribution < 1.29 is 18.0 Å². The van der Waals surface area contributed by atoms with Gasteiger partial charge in [0.2, 0.25) is 5.91 Å². The largest absolute Gasteiger partial charge is 0.389 e. The molecule has 0 bridgehead atoms. The Hall–Kier alpha value is -0.430. The number of rotatable bonds is 7. The van der Waals surface area contributed by atoms with E-state index in [0.29, 0.717) is 6.42 Å².